The van der Waals surface area contributed by atoms with Gasteiger partial charge in [-0.25, -0.2) is 9.18 Å². The van der Waals surface area contributed by atoms with Gasteiger partial charge in [0.25, 0.3) is 0 Å². The maximum absolute atomic E-state index is 14.9. The highest BCUT2D eigenvalue weighted by Crippen LogP contribution is 2.32. The molecule has 0 spiro atoms. The second-order valence-corrected chi connectivity index (χ2v) is 12.3. The molecule has 224 valence electrons. The molecule has 3 amide bonds. The number of nitriles is 1. The quantitative estimate of drug-likeness (QED) is 0.429. The first-order valence-corrected chi connectivity index (χ1v) is 14.6. The molecule has 9 nitrogen and oxygen atoms in total. The topological polar surface area (TPSA) is 115 Å². The lowest BCUT2D eigenvalue weighted by molar-refractivity contribution is -0.131. The molecule has 1 fully saturated rings. The Bertz CT molecular complexity index is 1400. The third-order valence-electron chi connectivity index (χ3n) is 7.54. The lowest BCUT2D eigenvalue weighted by atomic mass is 9.93. The van der Waals surface area contributed by atoms with Crippen molar-refractivity contribution in [2.75, 3.05) is 36.8 Å². The maximum Gasteiger partial charge on any atom is 0.410 e. The van der Waals surface area contributed by atoms with Crippen molar-refractivity contribution >= 4 is 40.9 Å². The Labute approximate surface area is 250 Å². The number of hydrogen-bond acceptors (Lipinski definition) is 6. The van der Waals surface area contributed by atoms with E-state index < -0.39 is 17.5 Å². The summed E-state index contributed by atoms with van der Waals surface area (Å²) < 4.78 is 20.3. The molecule has 2 aromatic rings. The van der Waals surface area contributed by atoms with Crippen molar-refractivity contribution in [2.24, 2.45) is 5.92 Å². The maximum atomic E-state index is 14.9. The van der Waals surface area contributed by atoms with E-state index in [9.17, 15) is 24.0 Å². The molecule has 2 atom stereocenters. The van der Waals surface area contributed by atoms with Gasteiger partial charge >= 0.3 is 6.09 Å². The Morgan fingerprint density at radius 1 is 1.17 bits per heavy atom. The zero-order chi connectivity index (χ0) is 30.6. The SMILES string of the molecule is C[C@H]1c2ccc(Cl)cc2CCN1C(=O)CNc1cc(NC(=O)C[C@@H]2CCCN(C(=O)OC(C)(C)C)C2)c(C#N)cc1F. The van der Waals surface area contributed by atoms with Gasteiger partial charge in [0.2, 0.25) is 11.8 Å². The summed E-state index contributed by atoms with van der Waals surface area (Å²) in [6.07, 6.45) is 1.90. The molecule has 0 saturated carbocycles. The molecule has 42 heavy (non-hydrogen) atoms. The molecule has 0 radical (unpaired) electrons. The molecular weight excluding hydrogens is 561 g/mol. The number of amides is 3. The molecule has 1 saturated heterocycles. The minimum atomic E-state index is -0.704. The number of piperidine rings is 1. The third kappa shape index (κ3) is 7.71. The molecular formula is C31H37ClFN5O4. The van der Waals surface area contributed by atoms with Gasteiger partial charge in [0.05, 0.1) is 29.5 Å². The van der Waals surface area contributed by atoms with Crippen LogP contribution in [-0.2, 0) is 20.7 Å². The highest BCUT2D eigenvalue weighted by molar-refractivity contribution is 6.30. The van der Waals surface area contributed by atoms with Crippen molar-refractivity contribution in [3.05, 3.63) is 57.9 Å². The van der Waals surface area contributed by atoms with Gasteiger partial charge in [-0.05, 0) is 88.3 Å². The number of halogens is 2. The lowest BCUT2D eigenvalue weighted by Gasteiger charge is -2.35. The number of likely N-dealkylation sites (tertiary alicyclic amines) is 1. The largest absolute Gasteiger partial charge is 0.444 e. The van der Waals surface area contributed by atoms with Gasteiger partial charge in [0, 0.05) is 31.1 Å². The van der Waals surface area contributed by atoms with Crippen molar-refractivity contribution in [1.82, 2.24) is 9.80 Å². The molecule has 0 aromatic heterocycles. The van der Waals surface area contributed by atoms with Crippen LogP contribution in [0.15, 0.2) is 30.3 Å². The minimum absolute atomic E-state index is 0.00302. The van der Waals surface area contributed by atoms with Gasteiger partial charge < -0.3 is 25.2 Å². The van der Waals surface area contributed by atoms with Crippen LogP contribution in [0.3, 0.4) is 0 Å². The van der Waals surface area contributed by atoms with E-state index in [0.717, 1.165) is 30.0 Å². The van der Waals surface area contributed by atoms with Crippen LogP contribution in [0.1, 0.15) is 69.7 Å². The van der Waals surface area contributed by atoms with Crippen molar-refractivity contribution in [3.63, 3.8) is 0 Å². The molecule has 4 rings (SSSR count). The van der Waals surface area contributed by atoms with Crippen molar-refractivity contribution in [1.29, 1.82) is 5.26 Å². The Balaban J connectivity index is 1.37. The molecule has 0 aliphatic carbocycles. The lowest BCUT2D eigenvalue weighted by Crippen LogP contribution is -2.43. The van der Waals surface area contributed by atoms with Crippen LogP contribution in [-0.4, -0.2) is 59.5 Å². The number of carbonyl (C=O) groups is 3. The molecule has 0 bridgehead atoms. The summed E-state index contributed by atoms with van der Waals surface area (Å²) in [5, 5.41) is 15.8. The number of carbonyl (C=O) groups excluding carboxylic acids is 3. The molecule has 2 N–H and O–H groups in total. The van der Waals surface area contributed by atoms with E-state index in [1.54, 1.807) is 36.6 Å². The van der Waals surface area contributed by atoms with Crippen LogP contribution in [0.4, 0.5) is 20.6 Å². The van der Waals surface area contributed by atoms with E-state index in [1.165, 1.54) is 6.07 Å². The van der Waals surface area contributed by atoms with Gasteiger partial charge in [-0.3, -0.25) is 9.59 Å². The summed E-state index contributed by atoms with van der Waals surface area (Å²) in [4.78, 5) is 41.9. The highest BCUT2D eigenvalue weighted by atomic mass is 35.5. The second-order valence-electron chi connectivity index (χ2n) is 11.9. The predicted octanol–water partition coefficient (Wildman–Crippen LogP) is 5.88. The summed E-state index contributed by atoms with van der Waals surface area (Å²) in [6.45, 7) is 8.66. The monoisotopic (exact) mass is 597 g/mol. The smallest absolute Gasteiger partial charge is 0.410 e. The average molecular weight is 598 g/mol. The number of fused-ring (bicyclic) bond motifs is 1. The summed E-state index contributed by atoms with van der Waals surface area (Å²) in [7, 11) is 0. The number of hydrogen-bond donors (Lipinski definition) is 2. The van der Waals surface area contributed by atoms with E-state index in [0.29, 0.717) is 31.1 Å². The number of ether oxygens (including phenoxy) is 1. The van der Waals surface area contributed by atoms with Crippen molar-refractivity contribution < 1.29 is 23.5 Å². The number of benzene rings is 2. The fourth-order valence-electron chi connectivity index (χ4n) is 5.51. The Morgan fingerprint density at radius 3 is 2.64 bits per heavy atom. The minimum Gasteiger partial charge on any atom is -0.444 e. The van der Waals surface area contributed by atoms with Gasteiger partial charge in [0.1, 0.15) is 17.5 Å². The molecule has 2 heterocycles. The second kappa shape index (κ2) is 13.0. The average Bonchev–Trinajstić information content (AvgIpc) is 2.92. The van der Waals surface area contributed by atoms with Gasteiger partial charge in [-0.2, -0.15) is 5.26 Å². The molecule has 0 unspecified atom stereocenters. The van der Waals surface area contributed by atoms with E-state index >= 15 is 0 Å². The van der Waals surface area contributed by atoms with Crippen LogP contribution in [0.2, 0.25) is 5.02 Å². The Kier molecular flexibility index (Phi) is 9.62. The molecule has 2 aliphatic rings. The zero-order valence-corrected chi connectivity index (χ0v) is 25.2. The van der Waals surface area contributed by atoms with E-state index in [1.807, 2.05) is 25.1 Å². The summed E-state index contributed by atoms with van der Waals surface area (Å²) >= 11 is 6.12. The first kappa shape index (κ1) is 31.1. The third-order valence-corrected chi connectivity index (χ3v) is 7.78. The number of nitrogens with one attached hydrogen (secondary N) is 2. The van der Waals surface area contributed by atoms with E-state index in [-0.39, 0.29) is 53.7 Å². The van der Waals surface area contributed by atoms with E-state index in [2.05, 4.69) is 10.6 Å². The number of rotatable bonds is 6. The van der Waals surface area contributed by atoms with Crippen molar-refractivity contribution in [2.45, 2.75) is 65.0 Å². The van der Waals surface area contributed by atoms with Crippen molar-refractivity contribution in [3.8, 4) is 6.07 Å². The first-order chi connectivity index (χ1) is 19.8. The molecule has 2 aromatic carbocycles. The fourth-order valence-corrected chi connectivity index (χ4v) is 5.70. The van der Waals surface area contributed by atoms with Crippen LogP contribution in [0, 0.1) is 23.1 Å². The van der Waals surface area contributed by atoms with Crippen LogP contribution in [0.25, 0.3) is 0 Å². The van der Waals surface area contributed by atoms with Crippen LogP contribution in [0.5, 0.6) is 0 Å². The Morgan fingerprint density at radius 2 is 1.93 bits per heavy atom. The highest BCUT2D eigenvalue weighted by Gasteiger charge is 2.30. The zero-order valence-electron chi connectivity index (χ0n) is 24.4. The van der Waals surface area contributed by atoms with Crippen LogP contribution < -0.4 is 10.6 Å². The standard InChI is InChI=1S/C31H37ClFN5O4/c1-19-24-8-7-23(32)13-21(24)9-11-38(19)29(40)17-35-27-15-26(22(16-34)14-25(27)33)36-28(39)12-20-6-5-10-37(18-20)30(41)42-31(2,3)4/h7-8,13-15,19-20,35H,5-6,9-12,17-18H2,1-4H3,(H,36,39)/t19-,20-/m0/s1. The first-order valence-electron chi connectivity index (χ1n) is 14.2. The summed E-state index contributed by atoms with van der Waals surface area (Å²) in [5.41, 5.74) is 1.65. The summed E-state index contributed by atoms with van der Waals surface area (Å²) in [5.74, 6) is -1.34. The number of nitrogens with zero attached hydrogens (tertiary/aromatic N) is 3. The predicted molar refractivity (Wildman–Crippen MR) is 159 cm³/mol. The summed E-state index contributed by atoms with van der Waals surface area (Å²) in [6, 6.07) is 9.77. The van der Waals surface area contributed by atoms with Gasteiger partial charge in [-0.1, -0.05) is 17.7 Å². The molecule has 11 heteroatoms. The van der Waals surface area contributed by atoms with Gasteiger partial charge in [-0.15, -0.1) is 0 Å². The normalized spacial score (nSPS) is 18.5. The number of anilines is 2. The Hall–Kier alpha value is -3.84. The van der Waals surface area contributed by atoms with E-state index in [4.69, 9.17) is 16.3 Å². The van der Waals surface area contributed by atoms with Crippen LogP contribution >= 0.6 is 11.6 Å². The molecule has 2 aliphatic heterocycles. The fraction of sp³-hybridized carbons (Fsp3) is 0.484. The van der Waals surface area contributed by atoms with Gasteiger partial charge in [0.15, 0.2) is 0 Å².